The zero-order valence-corrected chi connectivity index (χ0v) is 14.1. The molecule has 23 heavy (non-hydrogen) atoms. The van der Waals surface area contributed by atoms with Crippen LogP contribution < -0.4 is 4.74 Å². The molecule has 1 aliphatic rings. The van der Waals surface area contributed by atoms with Crippen LogP contribution >= 0.6 is 0 Å². The van der Waals surface area contributed by atoms with Gasteiger partial charge in [-0.3, -0.25) is 4.90 Å². The van der Waals surface area contributed by atoms with Crippen LogP contribution in [0, 0.1) is 0 Å². The lowest BCUT2D eigenvalue weighted by Gasteiger charge is -2.53. The van der Waals surface area contributed by atoms with Crippen LogP contribution in [0.5, 0.6) is 5.75 Å². The van der Waals surface area contributed by atoms with Crippen molar-refractivity contribution in [1.82, 2.24) is 4.90 Å². The summed E-state index contributed by atoms with van der Waals surface area (Å²) in [6.45, 7) is 7.74. The average molecular weight is 307 g/mol. The van der Waals surface area contributed by atoms with E-state index in [0.717, 1.165) is 12.3 Å². The average Bonchev–Trinajstić information content (AvgIpc) is 2.52. The summed E-state index contributed by atoms with van der Waals surface area (Å²) in [6.07, 6.45) is 4.68. The maximum Gasteiger partial charge on any atom is 0.130 e. The van der Waals surface area contributed by atoms with Gasteiger partial charge in [0, 0.05) is 12.1 Å². The molecule has 120 valence electrons. The standard InChI is InChI=1S/C21H25NO/c1-21(2,3)22-16-20(23-18-12-8-5-9-13-18)19(22)15-14-17-10-6-4-7-11-17/h4-15,19-20H,16H2,1-3H3/b15-14+. The van der Waals surface area contributed by atoms with Crippen LogP contribution in [0.25, 0.3) is 6.08 Å². The van der Waals surface area contributed by atoms with Gasteiger partial charge in [-0.1, -0.05) is 60.7 Å². The van der Waals surface area contributed by atoms with E-state index >= 15 is 0 Å². The van der Waals surface area contributed by atoms with E-state index in [1.807, 2.05) is 36.4 Å². The van der Waals surface area contributed by atoms with Crippen LogP contribution in [0.2, 0.25) is 0 Å². The molecule has 1 aliphatic heterocycles. The van der Waals surface area contributed by atoms with E-state index in [2.05, 4.69) is 62.1 Å². The Bertz CT molecular complexity index is 643. The Morgan fingerprint density at radius 3 is 2.17 bits per heavy atom. The summed E-state index contributed by atoms with van der Waals surface area (Å²) in [5.41, 5.74) is 1.37. The van der Waals surface area contributed by atoms with Gasteiger partial charge >= 0.3 is 0 Å². The Morgan fingerprint density at radius 2 is 1.57 bits per heavy atom. The zero-order chi connectivity index (χ0) is 16.3. The second-order valence-electron chi connectivity index (χ2n) is 7.05. The van der Waals surface area contributed by atoms with Crippen LogP contribution in [-0.4, -0.2) is 29.1 Å². The molecule has 0 spiro atoms. The molecular weight excluding hydrogens is 282 g/mol. The number of hydrogen-bond donors (Lipinski definition) is 0. The Kier molecular flexibility index (Phi) is 4.53. The minimum atomic E-state index is 0.141. The van der Waals surface area contributed by atoms with Crippen LogP contribution in [0.1, 0.15) is 26.3 Å². The van der Waals surface area contributed by atoms with Crippen molar-refractivity contribution in [1.29, 1.82) is 0 Å². The highest BCUT2D eigenvalue weighted by Crippen LogP contribution is 2.32. The fourth-order valence-corrected chi connectivity index (χ4v) is 2.99. The lowest BCUT2D eigenvalue weighted by atomic mass is 9.90. The number of benzene rings is 2. The first-order chi connectivity index (χ1) is 11.0. The van der Waals surface area contributed by atoms with Gasteiger partial charge in [0.2, 0.25) is 0 Å². The molecule has 0 aliphatic carbocycles. The van der Waals surface area contributed by atoms with Gasteiger partial charge < -0.3 is 4.74 Å². The van der Waals surface area contributed by atoms with E-state index in [-0.39, 0.29) is 11.6 Å². The number of ether oxygens (including phenoxy) is 1. The van der Waals surface area contributed by atoms with Crippen molar-refractivity contribution < 1.29 is 4.74 Å². The van der Waals surface area contributed by atoms with Crippen LogP contribution in [-0.2, 0) is 0 Å². The lowest BCUT2D eigenvalue weighted by Crippen LogP contribution is -2.67. The molecule has 2 unspecified atom stereocenters. The molecule has 2 atom stereocenters. The van der Waals surface area contributed by atoms with Crippen LogP contribution in [0.4, 0.5) is 0 Å². The molecular formula is C21H25NO. The number of nitrogens with zero attached hydrogens (tertiary/aromatic N) is 1. The lowest BCUT2D eigenvalue weighted by molar-refractivity contribution is -0.0722. The SMILES string of the molecule is CC(C)(C)N1CC(Oc2ccccc2)C1/C=C/c1ccccc1. The first-order valence-corrected chi connectivity index (χ1v) is 8.26. The minimum absolute atomic E-state index is 0.141. The summed E-state index contributed by atoms with van der Waals surface area (Å²) in [6, 6.07) is 20.8. The molecule has 1 heterocycles. The number of likely N-dealkylation sites (tertiary alicyclic amines) is 1. The van der Waals surface area contributed by atoms with Crippen molar-refractivity contribution in [3.63, 3.8) is 0 Å². The molecule has 2 nitrogen and oxygen atoms in total. The van der Waals surface area contributed by atoms with Gasteiger partial charge in [-0.05, 0) is 38.5 Å². The number of para-hydroxylation sites is 1. The number of rotatable bonds is 4. The normalized spacial score (nSPS) is 22.0. The van der Waals surface area contributed by atoms with Gasteiger partial charge in [-0.15, -0.1) is 0 Å². The van der Waals surface area contributed by atoms with E-state index in [1.54, 1.807) is 0 Å². The van der Waals surface area contributed by atoms with E-state index < -0.39 is 0 Å². The van der Waals surface area contributed by atoms with Crippen molar-refractivity contribution in [3.05, 3.63) is 72.3 Å². The molecule has 0 N–H and O–H groups in total. The van der Waals surface area contributed by atoms with Crippen LogP contribution in [0.3, 0.4) is 0 Å². The van der Waals surface area contributed by atoms with Gasteiger partial charge in [0.15, 0.2) is 0 Å². The first-order valence-electron chi connectivity index (χ1n) is 8.26. The highest BCUT2D eigenvalue weighted by Gasteiger charge is 2.44. The number of hydrogen-bond acceptors (Lipinski definition) is 2. The maximum atomic E-state index is 6.18. The van der Waals surface area contributed by atoms with Crippen molar-refractivity contribution >= 4 is 6.08 Å². The summed E-state index contributed by atoms with van der Waals surface area (Å²) >= 11 is 0. The minimum Gasteiger partial charge on any atom is -0.487 e. The topological polar surface area (TPSA) is 12.5 Å². The molecule has 1 fully saturated rings. The molecule has 2 aromatic rings. The summed E-state index contributed by atoms with van der Waals surface area (Å²) in [5, 5.41) is 0. The summed E-state index contributed by atoms with van der Waals surface area (Å²) in [5.74, 6) is 0.948. The summed E-state index contributed by atoms with van der Waals surface area (Å²) in [4.78, 5) is 2.49. The second-order valence-corrected chi connectivity index (χ2v) is 7.05. The van der Waals surface area contributed by atoms with Crippen molar-refractivity contribution in [2.75, 3.05) is 6.54 Å². The molecule has 0 radical (unpaired) electrons. The second kappa shape index (κ2) is 6.59. The van der Waals surface area contributed by atoms with Crippen molar-refractivity contribution in [2.45, 2.75) is 38.5 Å². The van der Waals surface area contributed by atoms with Gasteiger partial charge in [0.1, 0.15) is 11.9 Å². The fraction of sp³-hybridized carbons (Fsp3) is 0.333. The van der Waals surface area contributed by atoms with Gasteiger partial charge in [0.25, 0.3) is 0 Å². The van der Waals surface area contributed by atoms with E-state index in [0.29, 0.717) is 6.04 Å². The highest BCUT2D eigenvalue weighted by molar-refractivity contribution is 5.50. The van der Waals surface area contributed by atoms with Crippen LogP contribution in [0.15, 0.2) is 66.7 Å². The molecule has 2 heteroatoms. The predicted octanol–water partition coefficient (Wildman–Crippen LogP) is 4.63. The Morgan fingerprint density at radius 1 is 0.957 bits per heavy atom. The fourth-order valence-electron chi connectivity index (χ4n) is 2.99. The maximum absolute atomic E-state index is 6.18. The Balaban J connectivity index is 1.74. The highest BCUT2D eigenvalue weighted by atomic mass is 16.5. The molecule has 2 aromatic carbocycles. The third kappa shape index (κ3) is 3.83. The quantitative estimate of drug-likeness (QED) is 0.816. The third-order valence-corrected chi connectivity index (χ3v) is 4.30. The summed E-state index contributed by atoms with van der Waals surface area (Å²) < 4.78 is 6.18. The molecule has 1 saturated heterocycles. The Hall–Kier alpha value is -2.06. The van der Waals surface area contributed by atoms with Gasteiger partial charge in [-0.2, -0.15) is 0 Å². The molecule has 0 amide bonds. The van der Waals surface area contributed by atoms with Gasteiger partial charge in [-0.25, -0.2) is 0 Å². The Labute approximate surface area is 139 Å². The monoisotopic (exact) mass is 307 g/mol. The smallest absolute Gasteiger partial charge is 0.130 e. The van der Waals surface area contributed by atoms with E-state index in [4.69, 9.17) is 4.74 Å². The van der Waals surface area contributed by atoms with Gasteiger partial charge in [0.05, 0.1) is 6.04 Å². The first kappa shape index (κ1) is 15.8. The molecule has 0 bridgehead atoms. The van der Waals surface area contributed by atoms with Crippen molar-refractivity contribution in [3.8, 4) is 5.75 Å². The zero-order valence-electron chi connectivity index (χ0n) is 14.1. The van der Waals surface area contributed by atoms with E-state index in [9.17, 15) is 0 Å². The van der Waals surface area contributed by atoms with E-state index in [1.165, 1.54) is 5.56 Å². The molecule has 0 saturated carbocycles. The largest absolute Gasteiger partial charge is 0.487 e. The summed E-state index contributed by atoms with van der Waals surface area (Å²) in [7, 11) is 0. The van der Waals surface area contributed by atoms with Crippen molar-refractivity contribution in [2.24, 2.45) is 0 Å². The third-order valence-electron chi connectivity index (χ3n) is 4.30. The molecule has 3 rings (SSSR count). The molecule has 0 aromatic heterocycles. The predicted molar refractivity (Wildman–Crippen MR) is 96.6 cm³/mol.